The quantitative estimate of drug-likeness (QED) is 0.912. The van der Waals surface area contributed by atoms with E-state index in [1.807, 2.05) is 10.9 Å². The fourth-order valence-electron chi connectivity index (χ4n) is 1.60. The molecule has 2 rings (SSSR count). The SMILES string of the molecule is CCc1nc(Cn2cc(CNC(C)(C)C)nn2)cs1. The molecule has 104 valence electrons. The van der Waals surface area contributed by atoms with E-state index in [2.05, 4.69) is 53.7 Å². The van der Waals surface area contributed by atoms with Crippen molar-refractivity contribution in [3.63, 3.8) is 0 Å². The average molecular weight is 279 g/mol. The molecule has 0 aliphatic carbocycles. The minimum atomic E-state index is 0.0920. The van der Waals surface area contributed by atoms with E-state index in [1.165, 1.54) is 5.01 Å². The van der Waals surface area contributed by atoms with Gasteiger partial charge in [-0.05, 0) is 27.2 Å². The smallest absolute Gasteiger partial charge is 0.0965 e. The summed E-state index contributed by atoms with van der Waals surface area (Å²) in [6, 6.07) is 0. The Morgan fingerprint density at radius 2 is 2.11 bits per heavy atom. The van der Waals surface area contributed by atoms with Gasteiger partial charge in [-0.25, -0.2) is 9.67 Å². The molecule has 6 heteroatoms. The van der Waals surface area contributed by atoms with Gasteiger partial charge in [0.25, 0.3) is 0 Å². The topological polar surface area (TPSA) is 55.6 Å². The van der Waals surface area contributed by atoms with Gasteiger partial charge in [0.15, 0.2) is 0 Å². The van der Waals surface area contributed by atoms with Crippen LogP contribution in [0.1, 0.15) is 44.1 Å². The molecule has 2 aromatic rings. The number of rotatable bonds is 5. The molecule has 0 aliphatic heterocycles. The van der Waals surface area contributed by atoms with Crippen LogP contribution >= 0.6 is 11.3 Å². The maximum absolute atomic E-state index is 4.53. The van der Waals surface area contributed by atoms with E-state index in [1.54, 1.807) is 11.3 Å². The van der Waals surface area contributed by atoms with Crippen molar-refractivity contribution in [3.05, 3.63) is 28.0 Å². The van der Waals surface area contributed by atoms with Gasteiger partial charge in [0.05, 0.1) is 29.1 Å². The Morgan fingerprint density at radius 3 is 2.74 bits per heavy atom. The Labute approximate surface area is 118 Å². The monoisotopic (exact) mass is 279 g/mol. The summed E-state index contributed by atoms with van der Waals surface area (Å²) in [5.41, 5.74) is 2.11. The van der Waals surface area contributed by atoms with E-state index < -0.39 is 0 Å². The summed E-state index contributed by atoms with van der Waals surface area (Å²) in [5.74, 6) is 0. The number of thiazole rings is 1. The molecule has 1 N–H and O–H groups in total. The van der Waals surface area contributed by atoms with E-state index in [-0.39, 0.29) is 5.54 Å². The van der Waals surface area contributed by atoms with E-state index in [0.29, 0.717) is 6.54 Å². The highest BCUT2D eigenvalue weighted by Gasteiger charge is 2.10. The highest BCUT2D eigenvalue weighted by molar-refractivity contribution is 7.09. The molecular formula is C13H21N5S. The standard InChI is InChI=1S/C13H21N5S/c1-5-12-15-11(9-19-12)8-18-7-10(16-17-18)6-14-13(2,3)4/h7,9,14H,5-6,8H2,1-4H3. The van der Waals surface area contributed by atoms with Gasteiger partial charge in [0.2, 0.25) is 0 Å². The molecule has 0 spiro atoms. The van der Waals surface area contributed by atoms with Crippen LogP contribution in [-0.4, -0.2) is 25.5 Å². The van der Waals surface area contributed by atoms with Gasteiger partial charge in [-0.15, -0.1) is 16.4 Å². The maximum atomic E-state index is 4.53. The molecule has 0 aliphatic rings. The van der Waals surface area contributed by atoms with E-state index in [0.717, 1.165) is 24.4 Å². The summed E-state index contributed by atoms with van der Waals surface area (Å²) in [4.78, 5) is 4.53. The molecule has 0 unspecified atom stereocenters. The molecular weight excluding hydrogens is 258 g/mol. The van der Waals surface area contributed by atoms with Gasteiger partial charge in [-0.2, -0.15) is 0 Å². The Hall–Kier alpha value is -1.27. The molecule has 0 atom stereocenters. The van der Waals surface area contributed by atoms with Crippen LogP contribution in [0.4, 0.5) is 0 Å². The minimum Gasteiger partial charge on any atom is -0.306 e. The van der Waals surface area contributed by atoms with Crippen molar-refractivity contribution in [2.75, 3.05) is 0 Å². The summed E-state index contributed by atoms with van der Waals surface area (Å²) in [6.45, 7) is 9.96. The molecule has 2 aromatic heterocycles. The lowest BCUT2D eigenvalue weighted by atomic mass is 10.1. The first-order chi connectivity index (χ1) is 8.96. The number of aromatic nitrogens is 4. The van der Waals surface area contributed by atoms with Crippen LogP contribution < -0.4 is 5.32 Å². The Kier molecular flexibility index (Phi) is 4.31. The van der Waals surface area contributed by atoms with Crippen molar-refractivity contribution in [2.45, 2.75) is 52.7 Å². The second-order valence-corrected chi connectivity index (χ2v) is 6.54. The molecule has 19 heavy (non-hydrogen) atoms. The number of nitrogens with zero attached hydrogens (tertiary/aromatic N) is 4. The molecule has 0 fully saturated rings. The summed E-state index contributed by atoms with van der Waals surface area (Å²) >= 11 is 1.70. The fourth-order valence-corrected chi connectivity index (χ4v) is 2.34. The van der Waals surface area contributed by atoms with Crippen molar-refractivity contribution >= 4 is 11.3 Å². The van der Waals surface area contributed by atoms with Gasteiger partial charge >= 0.3 is 0 Å². The number of hydrogen-bond donors (Lipinski definition) is 1. The lowest BCUT2D eigenvalue weighted by molar-refractivity contribution is 0.421. The summed E-state index contributed by atoms with van der Waals surface area (Å²) in [6.07, 6.45) is 2.96. The van der Waals surface area contributed by atoms with Crippen molar-refractivity contribution in [3.8, 4) is 0 Å². The zero-order chi connectivity index (χ0) is 13.9. The highest BCUT2D eigenvalue weighted by Crippen LogP contribution is 2.11. The van der Waals surface area contributed by atoms with Crippen molar-refractivity contribution < 1.29 is 0 Å². The van der Waals surface area contributed by atoms with Crippen molar-refractivity contribution in [2.24, 2.45) is 0 Å². The zero-order valence-electron chi connectivity index (χ0n) is 12.0. The number of aryl methyl sites for hydroxylation is 1. The highest BCUT2D eigenvalue weighted by atomic mass is 32.1. The lowest BCUT2D eigenvalue weighted by Gasteiger charge is -2.19. The normalized spacial score (nSPS) is 12.0. The van der Waals surface area contributed by atoms with Gasteiger partial charge in [0.1, 0.15) is 0 Å². The van der Waals surface area contributed by atoms with Crippen molar-refractivity contribution in [1.29, 1.82) is 0 Å². The maximum Gasteiger partial charge on any atom is 0.0965 e. The minimum absolute atomic E-state index is 0.0920. The Balaban J connectivity index is 1.93. The van der Waals surface area contributed by atoms with Crippen LogP contribution in [0.25, 0.3) is 0 Å². The Bertz CT molecular complexity index is 523. The fraction of sp³-hybridized carbons (Fsp3) is 0.615. The molecule has 0 saturated heterocycles. The third-order valence-corrected chi connectivity index (χ3v) is 3.65. The molecule has 0 radical (unpaired) electrons. The predicted molar refractivity (Wildman–Crippen MR) is 77.2 cm³/mol. The van der Waals surface area contributed by atoms with Crippen LogP contribution in [0, 0.1) is 0 Å². The van der Waals surface area contributed by atoms with Crippen molar-refractivity contribution in [1.82, 2.24) is 25.3 Å². The largest absolute Gasteiger partial charge is 0.306 e. The summed E-state index contributed by atoms with van der Waals surface area (Å²) in [5, 5.41) is 15.0. The molecule has 0 saturated carbocycles. The zero-order valence-corrected chi connectivity index (χ0v) is 12.8. The van der Waals surface area contributed by atoms with Gasteiger partial charge in [-0.1, -0.05) is 12.1 Å². The predicted octanol–water partition coefficient (Wildman–Crippen LogP) is 2.23. The van der Waals surface area contributed by atoms with Crippen LogP contribution in [0.5, 0.6) is 0 Å². The third kappa shape index (κ3) is 4.40. The van der Waals surface area contributed by atoms with Gasteiger partial charge < -0.3 is 5.32 Å². The average Bonchev–Trinajstić information content (AvgIpc) is 2.95. The summed E-state index contributed by atoms with van der Waals surface area (Å²) < 4.78 is 1.84. The van der Waals surface area contributed by atoms with E-state index in [9.17, 15) is 0 Å². The van der Waals surface area contributed by atoms with Gasteiger partial charge in [0, 0.05) is 17.5 Å². The van der Waals surface area contributed by atoms with Crippen LogP contribution in [0.2, 0.25) is 0 Å². The first-order valence-corrected chi connectivity index (χ1v) is 7.41. The molecule has 0 amide bonds. The second-order valence-electron chi connectivity index (χ2n) is 5.60. The van der Waals surface area contributed by atoms with Crippen LogP contribution in [-0.2, 0) is 19.5 Å². The Morgan fingerprint density at radius 1 is 1.32 bits per heavy atom. The second kappa shape index (κ2) is 5.79. The lowest BCUT2D eigenvalue weighted by Crippen LogP contribution is -2.35. The van der Waals surface area contributed by atoms with Gasteiger partial charge in [-0.3, -0.25) is 0 Å². The molecule has 5 nitrogen and oxygen atoms in total. The molecule has 0 aromatic carbocycles. The summed E-state index contributed by atoms with van der Waals surface area (Å²) in [7, 11) is 0. The number of nitrogens with one attached hydrogen (secondary N) is 1. The first kappa shape index (κ1) is 14.1. The first-order valence-electron chi connectivity index (χ1n) is 6.53. The molecule has 0 bridgehead atoms. The van der Waals surface area contributed by atoms with Crippen LogP contribution in [0.3, 0.4) is 0 Å². The van der Waals surface area contributed by atoms with Crippen LogP contribution in [0.15, 0.2) is 11.6 Å². The number of hydrogen-bond acceptors (Lipinski definition) is 5. The van der Waals surface area contributed by atoms with E-state index in [4.69, 9.17) is 0 Å². The molecule has 2 heterocycles. The van der Waals surface area contributed by atoms with E-state index >= 15 is 0 Å². The third-order valence-electron chi connectivity index (χ3n) is 2.61.